The molecule has 1 saturated carbocycles. The Labute approximate surface area is 101 Å². The summed E-state index contributed by atoms with van der Waals surface area (Å²) >= 11 is 0. The van der Waals surface area contributed by atoms with E-state index in [9.17, 15) is 5.11 Å². The van der Waals surface area contributed by atoms with Crippen molar-refractivity contribution in [2.45, 2.75) is 31.5 Å². The molecule has 1 fully saturated rings. The van der Waals surface area contributed by atoms with Crippen LogP contribution < -0.4 is 4.74 Å². The van der Waals surface area contributed by atoms with Crippen LogP contribution in [0.25, 0.3) is 10.8 Å². The summed E-state index contributed by atoms with van der Waals surface area (Å²) in [7, 11) is 0. The summed E-state index contributed by atoms with van der Waals surface area (Å²) in [5.74, 6) is 0.869. The summed E-state index contributed by atoms with van der Waals surface area (Å²) in [6.45, 7) is 1.84. The Morgan fingerprint density at radius 1 is 1.18 bits per heavy atom. The van der Waals surface area contributed by atoms with Gasteiger partial charge in [0.25, 0.3) is 0 Å². The van der Waals surface area contributed by atoms with E-state index in [-0.39, 0.29) is 6.10 Å². The number of ether oxygens (including phenoxy) is 1. The molecule has 0 radical (unpaired) electrons. The quantitative estimate of drug-likeness (QED) is 0.855. The van der Waals surface area contributed by atoms with Gasteiger partial charge in [0.05, 0.1) is 5.60 Å². The van der Waals surface area contributed by atoms with Gasteiger partial charge in [-0.15, -0.1) is 0 Å². The highest BCUT2D eigenvalue weighted by atomic mass is 16.5. The Balaban J connectivity index is 1.95. The topological polar surface area (TPSA) is 29.5 Å². The van der Waals surface area contributed by atoms with Crippen molar-refractivity contribution in [3.63, 3.8) is 0 Å². The minimum absolute atomic E-state index is 0.0756. The maximum Gasteiger partial charge on any atom is 0.127 e. The second-order valence-electron chi connectivity index (χ2n) is 4.98. The second-order valence-corrected chi connectivity index (χ2v) is 4.98. The Kier molecular flexibility index (Phi) is 2.33. The zero-order valence-corrected chi connectivity index (χ0v) is 9.89. The molecule has 0 unspecified atom stereocenters. The van der Waals surface area contributed by atoms with Gasteiger partial charge in [-0.3, -0.25) is 0 Å². The molecular formula is C15H16O2. The van der Waals surface area contributed by atoms with Crippen molar-refractivity contribution >= 4 is 10.8 Å². The zero-order valence-electron chi connectivity index (χ0n) is 9.89. The van der Waals surface area contributed by atoms with Gasteiger partial charge in [-0.1, -0.05) is 36.4 Å². The van der Waals surface area contributed by atoms with E-state index in [0.29, 0.717) is 0 Å². The molecule has 17 heavy (non-hydrogen) atoms. The van der Waals surface area contributed by atoms with Gasteiger partial charge in [-0.05, 0) is 31.2 Å². The summed E-state index contributed by atoms with van der Waals surface area (Å²) in [6, 6.07) is 14.2. The smallest absolute Gasteiger partial charge is 0.127 e. The maximum absolute atomic E-state index is 9.98. The third-order valence-electron chi connectivity index (χ3n) is 3.63. The van der Waals surface area contributed by atoms with E-state index in [0.717, 1.165) is 24.0 Å². The van der Waals surface area contributed by atoms with Crippen LogP contribution in [0.4, 0.5) is 0 Å². The SMILES string of the molecule is C[C@]1(O)CC[C@@H]1Oc1cccc2ccccc12. The second kappa shape index (κ2) is 3.74. The fourth-order valence-electron chi connectivity index (χ4n) is 2.32. The average molecular weight is 228 g/mol. The van der Waals surface area contributed by atoms with Gasteiger partial charge in [-0.2, -0.15) is 0 Å². The van der Waals surface area contributed by atoms with E-state index in [4.69, 9.17) is 4.74 Å². The zero-order chi connectivity index (χ0) is 11.9. The fourth-order valence-corrected chi connectivity index (χ4v) is 2.32. The largest absolute Gasteiger partial charge is 0.487 e. The predicted octanol–water partition coefficient (Wildman–Crippen LogP) is 3.13. The predicted molar refractivity (Wildman–Crippen MR) is 68.2 cm³/mol. The lowest BCUT2D eigenvalue weighted by molar-refractivity contribution is -0.117. The van der Waals surface area contributed by atoms with Crippen LogP contribution in [0.15, 0.2) is 42.5 Å². The van der Waals surface area contributed by atoms with Gasteiger partial charge in [0, 0.05) is 5.39 Å². The van der Waals surface area contributed by atoms with Gasteiger partial charge in [0.2, 0.25) is 0 Å². The van der Waals surface area contributed by atoms with Crippen LogP contribution in [-0.2, 0) is 0 Å². The third kappa shape index (κ3) is 1.79. The summed E-state index contributed by atoms with van der Waals surface area (Å²) in [4.78, 5) is 0. The van der Waals surface area contributed by atoms with Crippen molar-refractivity contribution in [2.24, 2.45) is 0 Å². The highest BCUT2D eigenvalue weighted by Gasteiger charge is 2.43. The van der Waals surface area contributed by atoms with Crippen LogP contribution >= 0.6 is 0 Å². The van der Waals surface area contributed by atoms with Crippen LogP contribution in [0.2, 0.25) is 0 Å². The number of aliphatic hydroxyl groups is 1. The molecule has 2 heteroatoms. The molecule has 1 aliphatic carbocycles. The molecule has 2 aromatic rings. The van der Waals surface area contributed by atoms with E-state index in [1.807, 2.05) is 31.2 Å². The number of hydrogen-bond donors (Lipinski definition) is 1. The lowest BCUT2D eigenvalue weighted by Crippen LogP contribution is -2.52. The van der Waals surface area contributed by atoms with Crippen LogP contribution in [0, 0.1) is 0 Å². The van der Waals surface area contributed by atoms with Crippen molar-refractivity contribution in [3.8, 4) is 5.75 Å². The highest BCUT2D eigenvalue weighted by molar-refractivity contribution is 5.88. The van der Waals surface area contributed by atoms with Gasteiger partial charge < -0.3 is 9.84 Å². The first kappa shape index (κ1) is 10.6. The number of rotatable bonds is 2. The molecule has 0 bridgehead atoms. The molecule has 0 amide bonds. The molecule has 2 aromatic carbocycles. The Bertz CT molecular complexity index is 540. The fraction of sp³-hybridized carbons (Fsp3) is 0.333. The first-order valence-corrected chi connectivity index (χ1v) is 6.04. The Morgan fingerprint density at radius 3 is 2.65 bits per heavy atom. The Hall–Kier alpha value is -1.54. The highest BCUT2D eigenvalue weighted by Crippen LogP contribution is 2.37. The molecule has 1 N–H and O–H groups in total. The molecule has 0 spiro atoms. The van der Waals surface area contributed by atoms with Crippen molar-refractivity contribution in [2.75, 3.05) is 0 Å². The molecule has 3 rings (SSSR count). The summed E-state index contributed by atoms with van der Waals surface area (Å²) in [5, 5.41) is 12.3. The van der Waals surface area contributed by atoms with Gasteiger partial charge >= 0.3 is 0 Å². The maximum atomic E-state index is 9.98. The summed E-state index contributed by atoms with van der Waals surface area (Å²) in [6.07, 6.45) is 1.67. The van der Waals surface area contributed by atoms with E-state index >= 15 is 0 Å². The van der Waals surface area contributed by atoms with Gasteiger partial charge in [-0.25, -0.2) is 0 Å². The normalized spacial score (nSPS) is 27.8. The summed E-state index contributed by atoms with van der Waals surface area (Å²) in [5.41, 5.74) is -0.670. The van der Waals surface area contributed by atoms with Crippen molar-refractivity contribution in [1.82, 2.24) is 0 Å². The van der Waals surface area contributed by atoms with Crippen LogP contribution in [-0.4, -0.2) is 16.8 Å². The first-order valence-electron chi connectivity index (χ1n) is 6.04. The van der Waals surface area contributed by atoms with E-state index < -0.39 is 5.60 Å². The molecule has 1 aliphatic rings. The lowest BCUT2D eigenvalue weighted by atomic mass is 9.78. The summed E-state index contributed by atoms with van der Waals surface area (Å²) < 4.78 is 5.93. The Morgan fingerprint density at radius 2 is 1.94 bits per heavy atom. The van der Waals surface area contributed by atoms with Crippen molar-refractivity contribution < 1.29 is 9.84 Å². The van der Waals surface area contributed by atoms with Crippen molar-refractivity contribution in [1.29, 1.82) is 0 Å². The number of hydrogen-bond acceptors (Lipinski definition) is 2. The van der Waals surface area contributed by atoms with Crippen LogP contribution in [0.1, 0.15) is 19.8 Å². The average Bonchev–Trinajstić information content (AvgIpc) is 2.35. The van der Waals surface area contributed by atoms with E-state index in [2.05, 4.69) is 18.2 Å². The molecular weight excluding hydrogens is 212 g/mol. The molecule has 0 aromatic heterocycles. The molecule has 2 atom stereocenters. The number of fused-ring (bicyclic) bond motifs is 1. The van der Waals surface area contributed by atoms with Crippen molar-refractivity contribution in [3.05, 3.63) is 42.5 Å². The van der Waals surface area contributed by atoms with Gasteiger partial charge in [0.1, 0.15) is 11.9 Å². The lowest BCUT2D eigenvalue weighted by Gasteiger charge is -2.42. The minimum atomic E-state index is -0.670. The molecule has 0 saturated heterocycles. The first-order chi connectivity index (χ1) is 8.17. The molecule has 2 nitrogen and oxygen atoms in total. The standard InChI is InChI=1S/C15H16O2/c1-15(16)10-9-14(15)17-13-8-4-6-11-5-2-3-7-12(11)13/h2-8,14,16H,9-10H2,1H3/t14-,15-/m0/s1. The third-order valence-corrected chi connectivity index (χ3v) is 3.63. The number of benzene rings is 2. The van der Waals surface area contributed by atoms with E-state index in [1.54, 1.807) is 0 Å². The molecule has 0 aliphatic heterocycles. The molecule has 0 heterocycles. The minimum Gasteiger partial charge on any atom is -0.487 e. The van der Waals surface area contributed by atoms with Gasteiger partial charge in [0.15, 0.2) is 0 Å². The molecule has 88 valence electrons. The van der Waals surface area contributed by atoms with Crippen LogP contribution in [0.5, 0.6) is 5.75 Å². The monoisotopic (exact) mass is 228 g/mol. The van der Waals surface area contributed by atoms with E-state index in [1.165, 1.54) is 5.39 Å². The van der Waals surface area contributed by atoms with Crippen LogP contribution in [0.3, 0.4) is 0 Å².